The molecule has 0 saturated heterocycles. The number of carbonyl (C=O) groups is 1. The highest BCUT2D eigenvalue weighted by Gasteiger charge is 2.16. The number of halogens is 2. The maximum absolute atomic E-state index is 12.1. The number of nitrogens with one attached hydrogen (secondary N) is 1. The molecule has 0 unspecified atom stereocenters. The molecule has 0 spiro atoms. The second-order valence-corrected chi connectivity index (χ2v) is 6.61. The molecule has 0 bridgehead atoms. The molecule has 0 saturated carbocycles. The van der Waals surface area contributed by atoms with Crippen LogP contribution in [0.4, 0.5) is 5.82 Å². The second kappa shape index (κ2) is 7.34. The van der Waals surface area contributed by atoms with Gasteiger partial charge in [0.25, 0.3) is 0 Å². The average Bonchev–Trinajstić information content (AvgIpc) is 3.23. The van der Waals surface area contributed by atoms with Crippen LogP contribution in [-0.4, -0.2) is 31.5 Å². The van der Waals surface area contributed by atoms with E-state index in [1.54, 1.807) is 19.1 Å². The van der Waals surface area contributed by atoms with Gasteiger partial charge in [0.05, 0.1) is 22.1 Å². The third-order valence-corrected chi connectivity index (χ3v) is 4.99. The molecule has 0 aromatic carbocycles. The van der Waals surface area contributed by atoms with Gasteiger partial charge in [0.15, 0.2) is 11.6 Å². The number of hydrogen-bond acceptors (Lipinski definition) is 7. The lowest BCUT2D eigenvalue weighted by Crippen LogP contribution is -2.17. The first-order chi connectivity index (χ1) is 12.0. The maximum atomic E-state index is 12.1. The first-order valence-corrected chi connectivity index (χ1v) is 8.69. The lowest BCUT2D eigenvalue weighted by atomic mass is 10.3. The van der Waals surface area contributed by atoms with Gasteiger partial charge >= 0.3 is 0 Å². The van der Waals surface area contributed by atoms with Crippen molar-refractivity contribution in [2.24, 2.45) is 0 Å². The van der Waals surface area contributed by atoms with E-state index >= 15 is 0 Å². The van der Waals surface area contributed by atoms with Crippen LogP contribution in [-0.2, 0) is 4.79 Å². The summed E-state index contributed by atoms with van der Waals surface area (Å²) < 4.78 is 6.49. The van der Waals surface area contributed by atoms with Crippen LogP contribution < -0.4 is 11.2 Å². The number of amides is 1. The van der Waals surface area contributed by atoms with Crippen LogP contribution in [0.1, 0.15) is 5.56 Å². The Labute approximate surface area is 156 Å². The summed E-state index contributed by atoms with van der Waals surface area (Å²) in [6, 6.07) is 3.43. The number of nitrogen functional groups attached to an aromatic ring is 1. The summed E-state index contributed by atoms with van der Waals surface area (Å²) in [5, 5.41) is 11.6. The van der Waals surface area contributed by atoms with E-state index in [0.717, 1.165) is 11.8 Å². The minimum atomic E-state index is -0.316. The summed E-state index contributed by atoms with van der Waals surface area (Å²) in [7, 11) is 0. The molecule has 1 amide bonds. The Hall–Kier alpha value is -2.23. The highest BCUT2D eigenvalue weighted by Crippen LogP contribution is 2.29. The van der Waals surface area contributed by atoms with Crippen LogP contribution in [0.15, 0.2) is 34.2 Å². The quantitative estimate of drug-likeness (QED) is 0.501. The fourth-order valence-electron chi connectivity index (χ4n) is 1.89. The number of nitrogens with zero attached hydrogens (tertiary/aromatic N) is 4. The zero-order valence-electron chi connectivity index (χ0n) is 12.9. The molecule has 0 radical (unpaired) electrons. The Bertz CT molecular complexity index is 912. The highest BCUT2D eigenvalue weighted by molar-refractivity contribution is 7.99. The molecule has 0 fully saturated rings. The summed E-state index contributed by atoms with van der Waals surface area (Å²) in [6.45, 7) is 1.74. The van der Waals surface area contributed by atoms with E-state index in [-0.39, 0.29) is 17.5 Å². The van der Waals surface area contributed by atoms with Crippen LogP contribution in [0, 0.1) is 6.92 Å². The molecule has 0 aliphatic carbocycles. The van der Waals surface area contributed by atoms with Crippen molar-refractivity contribution in [1.82, 2.24) is 19.9 Å². The van der Waals surface area contributed by atoms with Crippen molar-refractivity contribution in [1.29, 1.82) is 0 Å². The van der Waals surface area contributed by atoms with Crippen LogP contribution in [0.2, 0.25) is 10.0 Å². The van der Waals surface area contributed by atoms with Gasteiger partial charge < -0.3 is 15.6 Å². The van der Waals surface area contributed by atoms with E-state index in [4.69, 9.17) is 33.5 Å². The normalized spacial score (nSPS) is 10.8. The molecule has 0 aliphatic rings. The molecule has 3 aromatic rings. The molecule has 130 valence electrons. The van der Waals surface area contributed by atoms with Gasteiger partial charge in [-0.25, -0.2) is 9.66 Å². The Balaban J connectivity index is 1.65. The predicted octanol–water partition coefficient (Wildman–Crippen LogP) is 2.99. The van der Waals surface area contributed by atoms with Crippen LogP contribution in [0.5, 0.6) is 0 Å². The Morgan fingerprint density at radius 1 is 1.44 bits per heavy atom. The summed E-state index contributed by atoms with van der Waals surface area (Å²) in [5.74, 6) is 6.76. The maximum Gasteiger partial charge on any atom is 0.236 e. The van der Waals surface area contributed by atoms with E-state index in [0.29, 0.717) is 32.3 Å². The molecule has 0 aliphatic heterocycles. The molecule has 0 atom stereocenters. The third-order valence-electron chi connectivity index (χ3n) is 3.20. The van der Waals surface area contributed by atoms with E-state index in [1.807, 2.05) is 0 Å². The topological polar surface area (TPSA) is 112 Å². The number of rotatable bonds is 5. The molecule has 3 rings (SSSR count). The zero-order chi connectivity index (χ0) is 18.0. The number of pyridine rings is 1. The van der Waals surface area contributed by atoms with Gasteiger partial charge in [-0.2, -0.15) is 0 Å². The van der Waals surface area contributed by atoms with Crippen molar-refractivity contribution >= 4 is 46.7 Å². The number of nitrogens with two attached hydrogens (primary N) is 1. The molecular weight excluding hydrogens is 387 g/mol. The Morgan fingerprint density at radius 3 is 2.96 bits per heavy atom. The smallest absolute Gasteiger partial charge is 0.236 e. The van der Waals surface area contributed by atoms with Gasteiger partial charge in [-0.3, -0.25) is 4.79 Å². The summed E-state index contributed by atoms with van der Waals surface area (Å²) in [6.07, 6.45) is 2.94. The molecule has 25 heavy (non-hydrogen) atoms. The Morgan fingerprint density at radius 2 is 2.24 bits per heavy atom. The van der Waals surface area contributed by atoms with Crippen molar-refractivity contribution in [3.05, 3.63) is 40.2 Å². The number of carbonyl (C=O) groups excluding carboxylic acids is 1. The second-order valence-electron chi connectivity index (χ2n) is 4.88. The lowest BCUT2D eigenvalue weighted by molar-refractivity contribution is -0.113. The van der Waals surface area contributed by atoms with Gasteiger partial charge in [-0.1, -0.05) is 35.0 Å². The molecule has 8 nitrogen and oxygen atoms in total. The Kier molecular flexibility index (Phi) is 5.16. The van der Waals surface area contributed by atoms with Crippen molar-refractivity contribution in [3.63, 3.8) is 0 Å². The number of anilines is 1. The number of furan rings is 1. The average molecular weight is 399 g/mol. The molecule has 3 aromatic heterocycles. The van der Waals surface area contributed by atoms with Gasteiger partial charge in [-0.15, -0.1) is 10.2 Å². The van der Waals surface area contributed by atoms with Gasteiger partial charge in [-0.05, 0) is 24.6 Å². The van der Waals surface area contributed by atoms with Crippen LogP contribution in [0.3, 0.4) is 0 Å². The van der Waals surface area contributed by atoms with Gasteiger partial charge in [0.1, 0.15) is 0 Å². The van der Waals surface area contributed by atoms with E-state index < -0.39 is 0 Å². The minimum absolute atomic E-state index is 0.0488. The van der Waals surface area contributed by atoms with Crippen LogP contribution >= 0.6 is 35.0 Å². The summed E-state index contributed by atoms with van der Waals surface area (Å²) in [4.78, 5) is 16.1. The standard InChI is InChI=1S/C14H12Cl2N6O2S/c1-7-8(15)5-18-12(11(7)16)19-10(23)6-25-14-21-20-13(22(14)17)9-3-2-4-24-9/h2-5H,6,17H2,1H3,(H,18,19,23). The number of hydrogen-bond donors (Lipinski definition) is 2. The van der Waals surface area contributed by atoms with Gasteiger partial charge in [0, 0.05) is 6.20 Å². The van der Waals surface area contributed by atoms with E-state index in [1.165, 1.54) is 17.1 Å². The van der Waals surface area contributed by atoms with Crippen molar-refractivity contribution < 1.29 is 9.21 Å². The highest BCUT2D eigenvalue weighted by atomic mass is 35.5. The van der Waals surface area contributed by atoms with Crippen molar-refractivity contribution in [3.8, 4) is 11.6 Å². The molecule has 3 N–H and O–H groups in total. The predicted molar refractivity (Wildman–Crippen MR) is 96.2 cm³/mol. The SMILES string of the molecule is Cc1c(Cl)cnc(NC(=O)CSc2nnc(-c3ccco3)n2N)c1Cl. The monoisotopic (exact) mass is 398 g/mol. The zero-order valence-corrected chi connectivity index (χ0v) is 15.2. The lowest BCUT2D eigenvalue weighted by Gasteiger charge is -2.08. The largest absolute Gasteiger partial charge is 0.461 e. The van der Waals surface area contributed by atoms with Crippen molar-refractivity contribution in [2.45, 2.75) is 12.1 Å². The van der Waals surface area contributed by atoms with Crippen LogP contribution in [0.25, 0.3) is 11.6 Å². The first kappa shape index (κ1) is 17.6. The van der Waals surface area contributed by atoms with E-state index in [2.05, 4.69) is 20.5 Å². The van der Waals surface area contributed by atoms with Gasteiger partial charge in [0.2, 0.25) is 16.9 Å². The fourth-order valence-corrected chi connectivity index (χ4v) is 2.94. The van der Waals surface area contributed by atoms with E-state index in [9.17, 15) is 4.79 Å². The third kappa shape index (κ3) is 3.73. The molecule has 11 heteroatoms. The fraction of sp³-hybridized carbons (Fsp3) is 0.143. The summed E-state index contributed by atoms with van der Waals surface area (Å²) in [5.41, 5.74) is 0.645. The number of aromatic nitrogens is 4. The molecular formula is C14H12Cl2N6O2S. The van der Waals surface area contributed by atoms with Crippen molar-refractivity contribution in [2.75, 3.05) is 16.9 Å². The first-order valence-electron chi connectivity index (χ1n) is 6.95. The summed E-state index contributed by atoms with van der Waals surface area (Å²) >= 11 is 13.2. The molecule has 3 heterocycles. The minimum Gasteiger partial charge on any atom is -0.461 e. The number of thioether (sulfide) groups is 1.